The lowest BCUT2D eigenvalue weighted by molar-refractivity contribution is 0.509. The fourth-order valence-corrected chi connectivity index (χ4v) is 2.05. The lowest BCUT2D eigenvalue weighted by Gasteiger charge is -1.97. The normalized spacial score (nSPS) is 11.2. The van der Waals surface area contributed by atoms with Gasteiger partial charge in [0, 0.05) is 5.56 Å². The van der Waals surface area contributed by atoms with E-state index in [0.29, 0.717) is 11.4 Å². The highest BCUT2D eigenvalue weighted by atomic mass is 19.2. The van der Waals surface area contributed by atoms with E-state index < -0.39 is 11.6 Å². The maximum atomic E-state index is 13.2. The van der Waals surface area contributed by atoms with Crippen molar-refractivity contribution in [1.82, 2.24) is 9.97 Å². The van der Waals surface area contributed by atoms with Crippen molar-refractivity contribution >= 4 is 11.0 Å². The van der Waals surface area contributed by atoms with Crippen molar-refractivity contribution in [3.8, 4) is 11.4 Å². The monoisotopic (exact) mass is 258 g/mol. The number of aryl methyl sites for hydroxylation is 2. The van der Waals surface area contributed by atoms with Gasteiger partial charge < -0.3 is 4.98 Å². The van der Waals surface area contributed by atoms with E-state index in [2.05, 4.69) is 9.97 Å². The van der Waals surface area contributed by atoms with Crippen LogP contribution in [-0.2, 0) is 0 Å². The first-order valence-electron chi connectivity index (χ1n) is 5.97. The third-order valence-electron chi connectivity index (χ3n) is 3.29. The van der Waals surface area contributed by atoms with E-state index in [4.69, 9.17) is 0 Å². The molecule has 0 atom stereocenters. The quantitative estimate of drug-likeness (QED) is 0.698. The van der Waals surface area contributed by atoms with Crippen LogP contribution in [-0.4, -0.2) is 9.97 Å². The molecule has 0 aliphatic carbocycles. The average Bonchev–Trinajstić information content (AvgIpc) is 2.76. The lowest BCUT2D eigenvalue weighted by atomic mass is 10.1. The molecule has 0 aliphatic heterocycles. The molecule has 1 heterocycles. The number of nitrogens with one attached hydrogen (secondary N) is 1. The number of halogens is 2. The van der Waals surface area contributed by atoms with E-state index in [0.717, 1.165) is 34.3 Å². The summed E-state index contributed by atoms with van der Waals surface area (Å²) in [6.45, 7) is 4.04. The van der Waals surface area contributed by atoms with Crippen LogP contribution in [0.25, 0.3) is 22.4 Å². The molecule has 3 rings (SSSR count). The summed E-state index contributed by atoms with van der Waals surface area (Å²) in [4.78, 5) is 7.54. The molecule has 4 heteroatoms. The number of aromatic nitrogens is 2. The maximum Gasteiger partial charge on any atom is 0.159 e. The highest BCUT2D eigenvalue weighted by molar-refractivity contribution is 5.80. The summed E-state index contributed by atoms with van der Waals surface area (Å²) in [6.07, 6.45) is 0. The van der Waals surface area contributed by atoms with Crippen molar-refractivity contribution in [2.24, 2.45) is 0 Å². The van der Waals surface area contributed by atoms with Crippen molar-refractivity contribution in [3.05, 3.63) is 53.1 Å². The van der Waals surface area contributed by atoms with Crippen LogP contribution in [0.1, 0.15) is 11.1 Å². The van der Waals surface area contributed by atoms with E-state index in [1.807, 2.05) is 26.0 Å². The Morgan fingerprint density at radius 3 is 2.42 bits per heavy atom. The summed E-state index contributed by atoms with van der Waals surface area (Å²) in [5.74, 6) is -1.18. The van der Waals surface area contributed by atoms with E-state index in [1.54, 1.807) is 0 Å². The van der Waals surface area contributed by atoms with E-state index in [1.165, 1.54) is 6.07 Å². The second kappa shape index (κ2) is 4.16. The van der Waals surface area contributed by atoms with Gasteiger partial charge in [0.25, 0.3) is 0 Å². The minimum atomic E-state index is -0.870. The van der Waals surface area contributed by atoms with Crippen molar-refractivity contribution in [2.75, 3.05) is 0 Å². The zero-order valence-electron chi connectivity index (χ0n) is 10.6. The molecule has 0 fully saturated rings. The molecule has 0 amide bonds. The van der Waals surface area contributed by atoms with Crippen LogP contribution in [0.4, 0.5) is 8.78 Å². The Balaban J connectivity index is 2.17. The molecule has 3 aromatic rings. The summed E-state index contributed by atoms with van der Waals surface area (Å²) < 4.78 is 26.2. The van der Waals surface area contributed by atoms with Gasteiger partial charge in [-0.05, 0) is 55.3 Å². The molecule has 0 aliphatic rings. The molecule has 0 bridgehead atoms. The molecule has 96 valence electrons. The van der Waals surface area contributed by atoms with Crippen molar-refractivity contribution in [1.29, 1.82) is 0 Å². The predicted molar refractivity (Wildman–Crippen MR) is 70.9 cm³/mol. The smallest absolute Gasteiger partial charge is 0.159 e. The summed E-state index contributed by atoms with van der Waals surface area (Å²) in [6, 6.07) is 7.74. The van der Waals surface area contributed by atoms with Gasteiger partial charge >= 0.3 is 0 Å². The third kappa shape index (κ3) is 1.99. The van der Waals surface area contributed by atoms with Gasteiger partial charge in [-0.2, -0.15) is 0 Å². The topological polar surface area (TPSA) is 28.7 Å². The molecule has 0 saturated carbocycles. The van der Waals surface area contributed by atoms with E-state index in [9.17, 15) is 8.78 Å². The van der Waals surface area contributed by atoms with E-state index >= 15 is 0 Å². The lowest BCUT2D eigenvalue weighted by Crippen LogP contribution is -1.86. The molecule has 0 spiro atoms. The van der Waals surface area contributed by atoms with Gasteiger partial charge in [-0.3, -0.25) is 0 Å². The molecule has 1 aromatic heterocycles. The first-order valence-corrected chi connectivity index (χ1v) is 5.97. The number of benzene rings is 2. The molecular formula is C15H12F2N2. The number of H-pyrrole nitrogens is 1. The van der Waals surface area contributed by atoms with Gasteiger partial charge in [0.2, 0.25) is 0 Å². The van der Waals surface area contributed by atoms with Crippen LogP contribution in [0.3, 0.4) is 0 Å². The Bertz CT molecular complexity index is 736. The summed E-state index contributed by atoms with van der Waals surface area (Å²) >= 11 is 0. The summed E-state index contributed by atoms with van der Waals surface area (Å²) in [5, 5.41) is 0. The number of fused-ring (bicyclic) bond motifs is 1. The number of nitrogens with zero attached hydrogens (tertiary/aromatic N) is 1. The van der Waals surface area contributed by atoms with Crippen LogP contribution in [0, 0.1) is 25.5 Å². The second-order valence-corrected chi connectivity index (χ2v) is 4.67. The van der Waals surface area contributed by atoms with Crippen molar-refractivity contribution in [2.45, 2.75) is 13.8 Å². The number of aromatic amines is 1. The average molecular weight is 258 g/mol. The third-order valence-corrected chi connectivity index (χ3v) is 3.29. The zero-order chi connectivity index (χ0) is 13.6. The minimum Gasteiger partial charge on any atom is -0.338 e. The van der Waals surface area contributed by atoms with Gasteiger partial charge in [0.15, 0.2) is 11.6 Å². The Kier molecular flexibility index (Phi) is 2.59. The highest BCUT2D eigenvalue weighted by Crippen LogP contribution is 2.24. The van der Waals surface area contributed by atoms with Crippen LogP contribution in [0.15, 0.2) is 30.3 Å². The number of imidazole rings is 1. The SMILES string of the molecule is Cc1cc2nc(-c3ccc(F)c(F)c3)[nH]c2cc1C. The van der Waals surface area contributed by atoms with Crippen LogP contribution >= 0.6 is 0 Å². The fraction of sp³-hybridized carbons (Fsp3) is 0.133. The molecule has 1 N–H and O–H groups in total. The number of hydrogen-bond donors (Lipinski definition) is 1. The summed E-state index contributed by atoms with van der Waals surface area (Å²) in [7, 11) is 0. The van der Waals surface area contributed by atoms with Crippen LogP contribution in [0.2, 0.25) is 0 Å². The maximum absolute atomic E-state index is 13.2. The second-order valence-electron chi connectivity index (χ2n) is 4.67. The summed E-state index contributed by atoms with van der Waals surface area (Å²) in [5.41, 5.74) is 4.56. The predicted octanol–water partition coefficient (Wildman–Crippen LogP) is 4.12. The Morgan fingerprint density at radius 1 is 0.947 bits per heavy atom. The van der Waals surface area contributed by atoms with Gasteiger partial charge in [-0.15, -0.1) is 0 Å². The number of rotatable bonds is 1. The van der Waals surface area contributed by atoms with Crippen LogP contribution in [0.5, 0.6) is 0 Å². The van der Waals surface area contributed by atoms with Crippen molar-refractivity contribution in [3.63, 3.8) is 0 Å². The molecular weight excluding hydrogens is 246 g/mol. The molecule has 2 nitrogen and oxygen atoms in total. The Labute approximate surface area is 109 Å². The first kappa shape index (κ1) is 11.8. The zero-order valence-corrected chi connectivity index (χ0v) is 10.6. The van der Waals surface area contributed by atoms with Gasteiger partial charge in [-0.25, -0.2) is 13.8 Å². The molecule has 0 unspecified atom stereocenters. The van der Waals surface area contributed by atoms with Crippen LogP contribution < -0.4 is 0 Å². The molecule has 0 saturated heterocycles. The fourth-order valence-electron chi connectivity index (χ4n) is 2.05. The Hall–Kier alpha value is -2.23. The number of hydrogen-bond acceptors (Lipinski definition) is 1. The molecule has 2 aromatic carbocycles. The Morgan fingerprint density at radius 2 is 1.68 bits per heavy atom. The first-order chi connectivity index (χ1) is 9.04. The standard InChI is InChI=1S/C15H12F2N2/c1-8-5-13-14(6-9(8)2)19-15(18-13)10-3-4-11(16)12(17)7-10/h3-7H,1-2H3,(H,18,19). The molecule has 19 heavy (non-hydrogen) atoms. The van der Waals surface area contributed by atoms with E-state index in [-0.39, 0.29) is 0 Å². The van der Waals surface area contributed by atoms with Gasteiger partial charge in [0.1, 0.15) is 5.82 Å². The van der Waals surface area contributed by atoms with Gasteiger partial charge in [0.05, 0.1) is 11.0 Å². The largest absolute Gasteiger partial charge is 0.338 e. The van der Waals surface area contributed by atoms with Gasteiger partial charge in [-0.1, -0.05) is 0 Å². The van der Waals surface area contributed by atoms with Crippen molar-refractivity contribution < 1.29 is 8.78 Å². The minimum absolute atomic E-state index is 0.533. The highest BCUT2D eigenvalue weighted by Gasteiger charge is 2.09. The molecule has 0 radical (unpaired) electrons.